The van der Waals surface area contributed by atoms with Gasteiger partial charge in [-0.3, -0.25) is 9.69 Å². The normalized spacial score (nSPS) is 14.9. The van der Waals surface area contributed by atoms with Crippen molar-refractivity contribution in [3.63, 3.8) is 0 Å². The lowest BCUT2D eigenvalue weighted by molar-refractivity contribution is -0.127. The third-order valence-corrected chi connectivity index (χ3v) is 5.56. The molecule has 1 atom stereocenters. The Morgan fingerprint density at radius 2 is 2.07 bits per heavy atom. The second-order valence-corrected chi connectivity index (χ2v) is 7.99. The molecule has 1 aromatic carbocycles. The summed E-state index contributed by atoms with van der Waals surface area (Å²) in [5.74, 6) is 1.09. The fourth-order valence-electron chi connectivity index (χ4n) is 3.25. The Morgan fingerprint density at radius 1 is 1.25 bits per heavy atom. The minimum Gasteiger partial charge on any atom is -0.419 e. The smallest absolute Gasteiger partial charge is 0.257 e. The Bertz CT molecular complexity index is 890. The predicted molar refractivity (Wildman–Crippen MR) is 109 cm³/mol. The molecule has 6 nitrogen and oxygen atoms in total. The summed E-state index contributed by atoms with van der Waals surface area (Å²) in [5.41, 5.74) is 0.979. The molecule has 1 N–H and O–H groups in total. The molecule has 7 heteroatoms. The van der Waals surface area contributed by atoms with Crippen LogP contribution in [0.3, 0.4) is 0 Å². The van der Waals surface area contributed by atoms with E-state index in [0.29, 0.717) is 24.4 Å². The lowest BCUT2D eigenvalue weighted by Crippen LogP contribution is -2.41. The minimum atomic E-state index is -0.376. The maximum absolute atomic E-state index is 13.1. The summed E-state index contributed by atoms with van der Waals surface area (Å²) in [6.45, 7) is 3.30. The average molecular weight is 397 g/mol. The van der Waals surface area contributed by atoms with Gasteiger partial charge in [0.15, 0.2) is 0 Å². The first-order chi connectivity index (χ1) is 13.7. The molecule has 4 rings (SSSR count). The van der Waals surface area contributed by atoms with E-state index >= 15 is 0 Å². The molecule has 2 aromatic heterocycles. The van der Waals surface area contributed by atoms with Crippen molar-refractivity contribution in [1.29, 1.82) is 0 Å². The summed E-state index contributed by atoms with van der Waals surface area (Å²) in [4.78, 5) is 16.1. The van der Waals surface area contributed by atoms with E-state index in [4.69, 9.17) is 4.42 Å². The second kappa shape index (κ2) is 8.67. The van der Waals surface area contributed by atoms with Gasteiger partial charge in [-0.05, 0) is 42.8 Å². The van der Waals surface area contributed by atoms with E-state index in [0.717, 1.165) is 36.2 Å². The van der Waals surface area contributed by atoms with Crippen LogP contribution in [0.25, 0.3) is 10.8 Å². The highest BCUT2D eigenvalue weighted by atomic mass is 32.1. The van der Waals surface area contributed by atoms with Crippen molar-refractivity contribution >= 4 is 17.2 Å². The number of nitrogens with one attached hydrogen (secondary N) is 1. The van der Waals surface area contributed by atoms with Gasteiger partial charge >= 0.3 is 0 Å². The molecule has 1 fully saturated rings. The lowest BCUT2D eigenvalue weighted by atomic mass is 10.0. The van der Waals surface area contributed by atoms with Crippen molar-refractivity contribution in [2.24, 2.45) is 0 Å². The number of aromatic nitrogens is 2. The molecule has 0 radical (unpaired) electrons. The molecule has 1 saturated carbocycles. The van der Waals surface area contributed by atoms with Gasteiger partial charge < -0.3 is 9.73 Å². The number of rotatable bonds is 9. The molecular formula is C21H24N4O2S. The maximum Gasteiger partial charge on any atom is 0.257 e. The maximum atomic E-state index is 13.1. The van der Waals surface area contributed by atoms with Crippen LogP contribution in [-0.4, -0.2) is 33.6 Å². The number of hydrogen-bond donors (Lipinski definition) is 1. The average Bonchev–Trinajstić information content (AvgIpc) is 3.17. The highest BCUT2D eigenvalue weighted by molar-refractivity contribution is 7.13. The zero-order valence-electron chi connectivity index (χ0n) is 15.9. The third kappa shape index (κ3) is 4.48. The van der Waals surface area contributed by atoms with E-state index < -0.39 is 0 Å². The zero-order chi connectivity index (χ0) is 19.3. The number of nitrogens with zero attached hydrogens (tertiary/aromatic N) is 3. The van der Waals surface area contributed by atoms with Crippen LogP contribution in [0.1, 0.15) is 43.7 Å². The van der Waals surface area contributed by atoms with Crippen LogP contribution in [0.15, 0.2) is 52.3 Å². The summed E-state index contributed by atoms with van der Waals surface area (Å²) < 4.78 is 5.88. The highest BCUT2D eigenvalue weighted by Gasteiger charge is 2.32. The zero-order valence-corrected chi connectivity index (χ0v) is 16.7. The molecule has 0 spiro atoms. The van der Waals surface area contributed by atoms with E-state index in [9.17, 15) is 4.79 Å². The SMILES string of the molecule is CCCN(Cc1nnc(-c2cccs2)o1)[C@@H](C(=O)NC1CC1)c1ccccc1. The van der Waals surface area contributed by atoms with Gasteiger partial charge in [-0.2, -0.15) is 0 Å². The molecule has 1 amide bonds. The van der Waals surface area contributed by atoms with E-state index in [-0.39, 0.29) is 11.9 Å². The first kappa shape index (κ1) is 18.8. The Hall–Kier alpha value is -2.51. The summed E-state index contributed by atoms with van der Waals surface area (Å²) in [5, 5.41) is 13.5. The summed E-state index contributed by atoms with van der Waals surface area (Å²) in [6, 6.07) is 13.8. The fourth-order valence-corrected chi connectivity index (χ4v) is 3.89. The molecule has 0 unspecified atom stereocenters. The van der Waals surface area contributed by atoms with Crippen molar-refractivity contribution in [2.75, 3.05) is 6.54 Å². The standard InChI is InChI=1S/C21H24N4O2S/c1-2-12-25(14-18-23-24-21(27-18)17-9-6-13-28-17)19(15-7-4-3-5-8-15)20(26)22-16-10-11-16/h3-9,13,16,19H,2,10-12,14H2,1H3,(H,22,26)/t19-/m1/s1. The van der Waals surface area contributed by atoms with Crippen molar-refractivity contribution in [1.82, 2.24) is 20.4 Å². The van der Waals surface area contributed by atoms with Gasteiger partial charge in [0.2, 0.25) is 11.8 Å². The molecule has 0 saturated heterocycles. The van der Waals surface area contributed by atoms with Crippen LogP contribution < -0.4 is 5.32 Å². The minimum absolute atomic E-state index is 0.0418. The Morgan fingerprint density at radius 3 is 2.75 bits per heavy atom. The first-order valence-electron chi connectivity index (χ1n) is 9.70. The number of hydrogen-bond acceptors (Lipinski definition) is 6. The summed E-state index contributed by atoms with van der Waals surface area (Å²) >= 11 is 1.57. The van der Waals surface area contributed by atoms with E-state index in [1.165, 1.54) is 0 Å². The number of amides is 1. The van der Waals surface area contributed by atoms with Gasteiger partial charge in [0, 0.05) is 6.04 Å². The van der Waals surface area contributed by atoms with E-state index in [1.807, 2.05) is 47.8 Å². The van der Waals surface area contributed by atoms with Crippen molar-refractivity contribution in [3.05, 3.63) is 59.3 Å². The molecule has 1 aliphatic rings. The third-order valence-electron chi connectivity index (χ3n) is 4.70. The van der Waals surface area contributed by atoms with Crippen molar-refractivity contribution < 1.29 is 9.21 Å². The number of carbonyl (C=O) groups is 1. The van der Waals surface area contributed by atoms with Crippen LogP contribution >= 0.6 is 11.3 Å². The molecule has 2 heterocycles. The highest BCUT2D eigenvalue weighted by Crippen LogP contribution is 2.28. The van der Waals surface area contributed by atoms with Crippen LogP contribution in [0.2, 0.25) is 0 Å². The number of thiophene rings is 1. The molecular weight excluding hydrogens is 372 g/mol. The molecule has 28 heavy (non-hydrogen) atoms. The first-order valence-corrected chi connectivity index (χ1v) is 10.6. The predicted octanol–water partition coefficient (Wildman–Crippen LogP) is 4.03. The molecule has 1 aliphatic carbocycles. The van der Waals surface area contributed by atoms with Gasteiger partial charge in [-0.15, -0.1) is 21.5 Å². The van der Waals surface area contributed by atoms with Gasteiger partial charge in [-0.1, -0.05) is 43.3 Å². The number of benzene rings is 1. The Balaban J connectivity index is 1.58. The van der Waals surface area contributed by atoms with E-state index in [2.05, 4.69) is 27.3 Å². The molecule has 146 valence electrons. The van der Waals surface area contributed by atoms with Gasteiger partial charge in [0.05, 0.1) is 11.4 Å². The van der Waals surface area contributed by atoms with Gasteiger partial charge in [-0.25, -0.2) is 0 Å². The van der Waals surface area contributed by atoms with E-state index in [1.54, 1.807) is 11.3 Å². The molecule has 0 aliphatic heterocycles. The Labute approximate surface area is 168 Å². The van der Waals surface area contributed by atoms with Crippen LogP contribution in [0.5, 0.6) is 0 Å². The molecule has 0 bridgehead atoms. The molecule has 3 aromatic rings. The fraction of sp³-hybridized carbons (Fsp3) is 0.381. The van der Waals surface area contributed by atoms with Gasteiger partial charge in [0.1, 0.15) is 6.04 Å². The topological polar surface area (TPSA) is 71.3 Å². The van der Waals surface area contributed by atoms with Crippen molar-refractivity contribution in [2.45, 2.75) is 44.8 Å². The van der Waals surface area contributed by atoms with Crippen LogP contribution in [0, 0.1) is 0 Å². The lowest BCUT2D eigenvalue weighted by Gasteiger charge is -2.29. The second-order valence-electron chi connectivity index (χ2n) is 7.04. The van der Waals surface area contributed by atoms with Crippen LogP contribution in [0.4, 0.5) is 0 Å². The summed E-state index contributed by atoms with van der Waals surface area (Å²) in [6.07, 6.45) is 3.05. The quantitative estimate of drug-likeness (QED) is 0.591. The number of carbonyl (C=O) groups excluding carboxylic acids is 1. The Kier molecular flexibility index (Phi) is 5.83. The van der Waals surface area contributed by atoms with Crippen molar-refractivity contribution in [3.8, 4) is 10.8 Å². The largest absolute Gasteiger partial charge is 0.419 e. The summed E-state index contributed by atoms with van der Waals surface area (Å²) in [7, 11) is 0. The van der Waals surface area contributed by atoms with Crippen LogP contribution in [-0.2, 0) is 11.3 Å². The monoisotopic (exact) mass is 396 g/mol. The van der Waals surface area contributed by atoms with Gasteiger partial charge in [0.25, 0.3) is 5.89 Å².